The summed E-state index contributed by atoms with van der Waals surface area (Å²) in [5, 5.41) is 4.33. The maximum atomic E-state index is 6.23. The fourth-order valence-electron chi connectivity index (χ4n) is 3.63. The van der Waals surface area contributed by atoms with Crippen molar-refractivity contribution >= 4 is 28.3 Å². The zero-order chi connectivity index (χ0) is 23.2. The third-order valence-corrected chi connectivity index (χ3v) is 6.11. The molecule has 1 aliphatic rings. The molecular formula is C27H22IN3O3. The zero-order valence-corrected chi connectivity index (χ0v) is 20.5. The first-order valence-electron chi connectivity index (χ1n) is 10.9. The summed E-state index contributed by atoms with van der Waals surface area (Å²) < 4.78 is 13.5. The first kappa shape index (κ1) is 22.3. The van der Waals surface area contributed by atoms with Gasteiger partial charge in [-0.25, -0.2) is 4.98 Å². The van der Waals surface area contributed by atoms with Crippen LogP contribution in [0, 0.1) is 3.57 Å². The van der Waals surface area contributed by atoms with E-state index in [1.807, 2.05) is 72.8 Å². The lowest BCUT2D eigenvalue weighted by Gasteiger charge is -2.17. The lowest BCUT2D eigenvalue weighted by molar-refractivity contribution is 0.0782. The van der Waals surface area contributed by atoms with Gasteiger partial charge < -0.3 is 14.3 Å². The molecule has 0 fully saturated rings. The highest BCUT2D eigenvalue weighted by atomic mass is 127. The lowest BCUT2D eigenvalue weighted by atomic mass is 10.0. The van der Waals surface area contributed by atoms with Crippen LogP contribution in [0.2, 0.25) is 0 Å². The normalized spacial score (nSPS) is 14.9. The van der Waals surface area contributed by atoms with Crippen LogP contribution in [0.3, 0.4) is 0 Å². The molecule has 2 heterocycles. The van der Waals surface area contributed by atoms with Crippen LogP contribution < -0.4 is 9.47 Å². The Balaban J connectivity index is 1.39. The van der Waals surface area contributed by atoms with E-state index in [2.05, 4.69) is 49.8 Å². The number of hydrogen-bond acceptors (Lipinski definition) is 6. The molecule has 0 spiro atoms. The van der Waals surface area contributed by atoms with E-state index >= 15 is 0 Å². The molecular weight excluding hydrogens is 541 g/mol. The van der Waals surface area contributed by atoms with Crippen LogP contribution in [-0.4, -0.2) is 15.7 Å². The van der Waals surface area contributed by atoms with E-state index in [1.165, 1.54) is 9.90 Å². The van der Waals surface area contributed by atoms with Gasteiger partial charge in [-0.3, -0.25) is 0 Å². The van der Waals surface area contributed by atoms with Crippen LogP contribution in [0.15, 0.2) is 96.4 Å². The Labute approximate surface area is 211 Å². The van der Waals surface area contributed by atoms with Crippen molar-refractivity contribution in [2.45, 2.75) is 25.7 Å². The molecule has 34 heavy (non-hydrogen) atoms. The van der Waals surface area contributed by atoms with Gasteiger partial charge in [-0.05, 0) is 51.4 Å². The molecule has 3 aromatic carbocycles. The van der Waals surface area contributed by atoms with Gasteiger partial charge in [0.2, 0.25) is 5.75 Å². The third-order valence-electron chi connectivity index (χ3n) is 5.39. The summed E-state index contributed by atoms with van der Waals surface area (Å²) in [6.07, 6.45) is 1.68. The van der Waals surface area contributed by atoms with E-state index in [1.54, 1.807) is 0 Å². The summed E-state index contributed by atoms with van der Waals surface area (Å²) in [4.78, 5) is 14.7. The van der Waals surface area contributed by atoms with Crippen molar-refractivity contribution in [3.8, 4) is 11.6 Å². The van der Waals surface area contributed by atoms with E-state index in [0.29, 0.717) is 37.0 Å². The second-order valence-corrected chi connectivity index (χ2v) is 9.03. The molecule has 0 radical (unpaired) electrons. The molecule has 170 valence electrons. The Bertz CT molecular complexity index is 1270. The summed E-state index contributed by atoms with van der Waals surface area (Å²) in [7, 11) is 0. The average Bonchev–Trinajstić information content (AvgIpc) is 3.38. The average molecular weight is 563 g/mol. The number of aromatic nitrogens is 2. The van der Waals surface area contributed by atoms with Gasteiger partial charge in [0.25, 0.3) is 5.88 Å². The number of nitrogens with zero attached hydrogens (tertiary/aromatic N) is 3. The van der Waals surface area contributed by atoms with Gasteiger partial charge in [0, 0.05) is 9.99 Å². The largest absolute Gasteiger partial charge is 0.482 e. The van der Waals surface area contributed by atoms with E-state index in [4.69, 9.17) is 14.3 Å². The van der Waals surface area contributed by atoms with Crippen molar-refractivity contribution in [2.24, 2.45) is 5.16 Å². The summed E-state index contributed by atoms with van der Waals surface area (Å²) >= 11 is 2.29. The minimum Gasteiger partial charge on any atom is -0.482 e. The fourth-order valence-corrected chi connectivity index (χ4v) is 3.99. The van der Waals surface area contributed by atoms with Gasteiger partial charge in [0.1, 0.15) is 25.2 Å². The molecule has 0 N–H and O–H groups in total. The minimum atomic E-state index is -0.387. The van der Waals surface area contributed by atoms with Crippen LogP contribution in [0.5, 0.6) is 11.6 Å². The van der Waals surface area contributed by atoms with Crippen LogP contribution in [0.1, 0.15) is 34.9 Å². The molecule has 5 rings (SSSR count). The Hall–Kier alpha value is -3.46. The van der Waals surface area contributed by atoms with Gasteiger partial charge in [-0.2, -0.15) is 4.98 Å². The molecule has 0 saturated heterocycles. The number of oxime groups is 1. The molecule has 0 saturated carbocycles. The first-order valence-corrected chi connectivity index (χ1v) is 12.0. The standard InChI is InChI=1S/C27H22IN3O3/c28-22-13-11-21(12-14-22)23-15-24(34-31-23)25-26(32-16-19-7-3-1-4-8-19)27(30-18-29-25)33-17-20-9-5-2-6-10-20/h1-14,18,24H,15-17H2. The van der Waals surface area contributed by atoms with E-state index in [-0.39, 0.29) is 6.10 Å². The Morgan fingerprint density at radius 2 is 1.44 bits per heavy atom. The molecule has 7 heteroatoms. The second-order valence-electron chi connectivity index (χ2n) is 7.78. The zero-order valence-electron chi connectivity index (χ0n) is 18.3. The van der Waals surface area contributed by atoms with Crippen molar-refractivity contribution < 1.29 is 14.3 Å². The third kappa shape index (κ3) is 5.36. The molecule has 4 aromatic rings. The summed E-state index contributed by atoms with van der Waals surface area (Å²) in [6, 6.07) is 28.1. The molecule has 1 unspecified atom stereocenters. The molecule has 0 amide bonds. The Morgan fingerprint density at radius 1 is 0.794 bits per heavy atom. The van der Waals surface area contributed by atoms with Crippen molar-refractivity contribution in [3.63, 3.8) is 0 Å². The summed E-state index contributed by atoms with van der Waals surface area (Å²) in [5.41, 5.74) is 4.61. The van der Waals surface area contributed by atoms with Gasteiger partial charge >= 0.3 is 0 Å². The van der Waals surface area contributed by atoms with Crippen molar-refractivity contribution in [3.05, 3.63) is 117 Å². The van der Waals surface area contributed by atoms with Crippen LogP contribution in [-0.2, 0) is 18.1 Å². The molecule has 1 atom stereocenters. The van der Waals surface area contributed by atoms with Crippen LogP contribution >= 0.6 is 22.6 Å². The quantitative estimate of drug-likeness (QED) is 0.242. The van der Waals surface area contributed by atoms with Crippen molar-refractivity contribution in [2.75, 3.05) is 0 Å². The smallest absolute Gasteiger partial charge is 0.261 e. The predicted molar refractivity (Wildman–Crippen MR) is 138 cm³/mol. The highest BCUT2D eigenvalue weighted by Crippen LogP contribution is 2.38. The summed E-state index contributed by atoms with van der Waals surface area (Å²) in [6.45, 7) is 0.732. The van der Waals surface area contributed by atoms with Crippen LogP contribution in [0.4, 0.5) is 0 Å². The number of ether oxygens (including phenoxy) is 2. The van der Waals surface area contributed by atoms with E-state index in [0.717, 1.165) is 22.4 Å². The maximum Gasteiger partial charge on any atom is 0.261 e. The van der Waals surface area contributed by atoms with Crippen molar-refractivity contribution in [1.29, 1.82) is 0 Å². The Morgan fingerprint density at radius 3 is 2.12 bits per heavy atom. The summed E-state index contributed by atoms with van der Waals surface area (Å²) in [5.74, 6) is 0.863. The molecule has 1 aromatic heterocycles. The molecule has 0 aliphatic carbocycles. The molecule has 1 aliphatic heterocycles. The monoisotopic (exact) mass is 563 g/mol. The minimum absolute atomic E-state index is 0.362. The molecule has 6 nitrogen and oxygen atoms in total. The highest BCUT2D eigenvalue weighted by molar-refractivity contribution is 14.1. The van der Waals surface area contributed by atoms with Crippen molar-refractivity contribution in [1.82, 2.24) is 9.97 Å². The number of benzene rings is 3. The predicted octanol–water partition coefficient (Wildman–Crippen LogP) is 6.10. The van der Waals surface area contributed by atoms with Gasteiger partial charge in [0.05, 0.1) is 5.71 Å². The highest BCUT2D eigenvalue weighted by Gasteiger charge is 2.30. The molecule has 0 bridgehead atoms. The van der Waals surface area contributed by atoms with Gasteiger partial charge in [-0.1, -0.05) is 78.0 Å². The number of hydrogen-bond donors (Lipinski definition) is 0. The Kier molecular flexibility index (Phi) is 6.99. The topological polar surface area (TPSA) is 65.8 Å². The van der Waals surface area contributed by atoms with E-state index < -0.39 is 0 Å². The SMILES string of the molecule is Ic1ccc(C2=NOC(c3ncnc(OCc4ccccc4)c3OCc3ccccc3)C2)cc1. The fraction of sp³-hybridized carbons (Fsp3) is 0.148. The van der Waals surface area contributed by atoms with Crippen LogP contribution in [0.25, 0.3) is 0 Å². The lowest BCUT2D eigenvalue weighted by Crippen LogP contribution is -2.10. The van der Waals surface area contributed by atoms with E-state index in [9.17, 15) is 0 Å². The number of halogens is 1. The van der Waals surface area contributed by atoms with Gasteiger partial charge in [-0.15, -0.1) is 0 Å². The maximum absolute atomic E-state index is 6.23. The first-order chi connectivity index (χ1) is 16.8. The second kappa shape index (κ2) is 10.6. The number of rotatable bonds is 8. The van der Waals surface area contributed by atoms with Gasteiger partial charge in [0.15, 0.2) is 6.10 Å².